The molecule has 1 atom stereocenters. The molecule has 2 aromatic rings. The maximum Gasteiger partial charge on any atom is 0.416 e. The van der Waals surface area contributed by atoms with Crippen LogP contribution in [0.3, 0.4) is 0 Å². The summed E-state index contributed by atoms with van der Waals surface area (Å²) < 4.78 is 43.4. The minimum absolute atomic E-state index is 0.0219. The fourth-order valence-corrected chi connectivity index (χ4v) is 2.07. The molecule has 1 amide bonds. The quantitative estimate of drug-likeness (QED) is 0.823. The molecule has 0 aromatic heterocycles. The molecule has 0 aliphatic carbocycles. The number of hydrogen-bond acceptors (Lipinski definition) is 2. The highest BCUT2D eigenvalue weighted by molar-refractivity contribution is 5.80. The van der Waals surface area contributed by atoms with Gasteiger partial charge in [-0.15, -0.1) is 0 Å². The van der Waals surface area contributed by atoms with Crippen molar-refractivity contribution in [2.45, 2.75) is 25.8 Å². The Kier molecular flexibility index (Phi) is 6.81. The van der Waals surface area contributed by atoms with Gasteiger partial charge in [0.2, 0.25) is 5.91 Å². The van der Waals surface area contributed by atoms with Crippen molar-refractivity contribution in [3.05, 3.63) is 71.3 Å². The van der Waals surface area contributed by atoms with Gasteiger partial charge in [0.1, 0.15) is 6.10 Å². The van der Waals surface area contributed by atoms with Gasteiger partial charge in [-0.25, -0.2) is 0 Å². The third kappa shape index (κ3) is 6.26. The molecule has 0 unspecified atom stereocenters. The number of amides is 1. The molecule has 0 aliphatic rings. The summed E-state index contributed by atoms with van der Waals surface area (Å²) in [6.45, 7) is 1.96. The molecule has 0 bridgehead atoms. The number of halogens is 3. The van der Waals surface area contributed by atoms with Gasteiger partial charge in [0.05, 0.1) is 18.7 Å². The third-order valence-corrected chi connectivity index (χ3v) is 3.49. The highest BCUT2D eigenvalue weighted by Crippen LogP contribution is 2.29. The van der Waals surface area contributed by atoms with Gasteiger partial charge >= 0.3 is 6.18 Å². The Labute approximate surface area is 150 Å². The van der Waals surface area contributed by atoms with Gasteiger partial charge in [-0.2, -0.15) is 13.2 Å². The first-order valence-corrected chi connectivity index (χ1v) is 7.95. The van der Waals surface area contributed by atoms with E-state index in [0.29, 0.717) is 6.61 Å². The second-order valence-electron chi connectivity index (χ2n) is 5.54. The van der Waals surface area contributed by atoms with Crippen molar-refractivity contribution in [3.8, 4) is 11.8 Å². The predicted octanol–water partition coefficient (Wildman–Crippen LogP) is 3.78. The molecule has 26 heavy (non-hydrogen) atoms. The average Bonchev–Trinajstić information content (AvgIpc) is 2.63. The second kappa shape index (κ2) is 9.07. The summed E-state index contributed by atoms with van der Waals surface area (Å²) in [5.74, 6) is 4.90. The minimum atomic E-state index is -4.41. The molecule has 1 N–H and O–H groups in total. The van der Waals surface area contributed by atoms with Crippen LogP contribution >= 0.6 is 0 Å². The van der Waals surface area contributed by atoms with Gasteiger partial charge in [0.15, 0.2) is 0 Å². The Morgan fingerprint density at radius 2 is 1.88 bits per heavy atom. The van der Waals surface area contributed by atoms with Crippen molar-refractivity contribution in [3.63, 3.8) is 0 Å². The number of nitrogens with one attached hydrogen (secondary N) is 1. The van der Waals surface area contributed by atoms with Crippen LogP contribution in [0.2, 0.25) is 0 Å². The zero-order valence-electron chi connectivity index (χ0n) is 14.1. The van der Waals surface area contributed by atoms with E-state index in [2.05, 4.69) is 17.2 Å². The van der Waals surface area contributed by atoms with Crippen LogP contribution in [0.4, 0.5) is 13.2 Å². The van der Waals surface area contributed by atoms with E-state index >= 15 is 0 Å². The number of carbonyl (C=O) groups excluding carboxylic acids is 1. The molecule has 0 saturated carbocycles. The topological polar surface area (TPSA) is 38.3 Å². The van der Waals surface area contributed by atoms with Crippen LogP contribution in [-0.2, 0) is 22.3 Å². The monoisotopic (exact) mass is 361 g/mol. The molecule has 136 valence electrons. The fraction of sp³-hybridized carbons (Fsp3) is 0.250. The van der Waals surface area contributed by atoms with Crippen LogP contribution in [0.1, 0.15) is 23.6 Å². The maximum atomic E-state index is 12.6. The Bertz CT molecular complexity index is 792. The van der Waals surface area contributed by atoms with Crippen molar-refractivity contribution in [2.75, 3.05) is 6.54 Å². The summed E-state index contributed by atoms with van der Waals surface area (Å²) >= 11 is 0. The molecule has 0 radical (unpaired) electrons. The van der Waals surface area contributed by atoms with Crippen molar-refractivity contribution in [2.24, 2.45) is 0 Å². The van der Waals surface area contributed by atoms with E-state index in [1.54, 1.807) is 6.92 Å². The third-order valence-electron chi connectivity index (χ3n) is 3.49. The molecule has 3 nitrogen and oxygen atoms in total. The Morgan fingerprint density at radius 3 is 2.58 bits per heavy atom. The summed E-state index contributed by atoms with van der Waals surface area (Å²) in [6, 6.07) is 14.2. The Morgan fingerprint density at radius 1 is 1.15 bits per heavy atom. The standard InChI is InChI=1S/C20H18F3NO2/c1-15(26-14-17-7-3-2-4-8-17)19(25)24-12-6-10-16-9-5-11-18(13-16)20(21,22)23/h2-5,7-9,11,13,15H,12,14H2,1H3,(H,24,25)/t15-/m1/s1. The molecule has 2 aromatic carbocycles. The molecule has 2 rings (SSSR count). The summed E-state index contributed by atoms with van der Waals surface area (Å²) in [7, 11) is 0. The van der Waals surface area contributed by atoms with E-state index in [9.17, 15) is 18.0 Å². The first-order valence-electron chi connectivity index (χ1n) is 7.95. The molecule has 0 heterocycles. The lowest BCUT2D eigenvalue weighted by molar-refractivity contribution is -0.137. The van der Waals surface area contributed by atoms with Gasteiger partial charge in [0.25, 0.3) is 0 Å². The Hall–Kier alpha value is -2.78. The molecule has 0 saturated heterocycles. The van der Waals surface area contributed by atoms with Crippen LogP contribution in [0.25, 0.3) is 0 Å². The lowest BCUT2D eigenvalue weighted by atomic mass is 10.1. The fourth-order valence-electron chi connectivity index (χ4n) is 2.07. The van der Waals surface area contributed by atoms with Gasteiger partial charge < -0.3 is 10.1 Å². The molecular weight excluding hydrogens is 343 g/mol. The maximum absolute atomic E-state index is 12.6. The number of rotatable bonds is 5. The summed E-state index contributed by atoms with van der Waals surface area (Å²) in [6.07, 6.45) is -5.07. The average molecular weight is 361 g/mol. The van der Waals surface area contributed by atoms with Crippen molar-refractivity contribution in [1.82, 2.24) is 5.32 Å². The largest absolute Gasteiger partial charge is 0.416 e. The van der Waals surface area contributed by atoms with E-state index in [-0.39, 0.29) is 18.0 Å². The van der Waals surface area contributed by atoms with Crippen molar-refractivity contribution in [1.29, 1.82) is 0 Å². The second-order valence-corrected chi connectivity index (χ2v) is 5.54. The van der Waals surface area contributed by atoms with Crippen molar-refractivity contribution >= 4 is 5.91 Å². The van der Waals surface area contributed by atoms with E-state index in [0.717, 1.165) is 17.7 Å². The van der Waals surface area contributed by atoms with Crippen LogP contribution in [0.15, 0.2) is 54.6 Å². The first kappa shape index (κ1) is 19.5. The highest BCUT2D eigenvalue weighted by atomic mass is 19.4. The lowest BCUT2D eigenvalue weighted by Gasteiger charge is -2.12. The van der Waals surface area contributed by atoms with Gasteiger partial charge in [-0.05, 0) is 30.7 Å². The SMILES string of the molecule is C[C@@H](OCc1ccccc1)C(=O)NCC#Cc1cccc(C(F)(F)F)c1. The number of ether oxygens (including phenoxy) is 1. The van der Waals surface area contributed by atoms with Gasteiger partial charge in [-0.1, -0.05) is 48.2 Å². The number of alkyl halides is 3. The summed E-state index contributed by atoms with van der Waals surface area (Å²) in [4.78, 5) is 11.9. The van der Waals surface area contributed by atoms with E-state index in [1.807, 2.05) is 30.3 Å². The van der Waals surface area contributed by atoms with Gasteiger partial charge in [-0.3, -0.25) is 4.79 Å². The van der Waals surface area contributed by atoms with E-state index in [1.165, 1.54) is 12.1 Å². The number of carbonyl (C=O) groups is 1. The smallest absolute Gasteiger partial charge is 0.364 e. The lowest BCUT2D eigenvalue weighted by Crippen LogP contribution is -2.34. The molecule has 6 heteroatoms. The van der Waals surface area contributed by atoms with E-state index in [4.69, 9.17) is 4.74 Å². The summed E-state index contributed by atoms with van der Waals surface area (Å²) in [5.41, 5.74) is 0.440. The van der Waals surface area contributed by atoms with Crippen molar-refractivity contribution < 1.29 is 22.7 Å². The molecule has 0 spiro atoms. The molecule has 0 aliphatic heterocycles. The Balaban J connectivity index is 1.80. The predicted molar refractivity (Wildman–Crippen MR) is 92.0 cm³/mol. The zero-order chi connectivity index (χ0) is 19.0. The van der Waals surface area contributed by atoms with Crippen LogP contribution in [0.5, 0.6) is 0 Å². The minimum Gasteiger partial charge on any atom is -0.364 e. The molecular formula is C20H18F3NO2. The van der Waals surface area contributed by atoms with Gasteiger partial charge in [0, 0.05) is 5.56 Å². The molecule has 0 fully saturated rings. The highest BCUT2D eigenvalue weighted by Gasteiger charge is 2.30. The van der Waals surface area contributed by atoms with Crippen LogP contribution in [0, 0.1) is 11.8 Å². The summed E-state index contributed by atoms with van der Waals surface area (Å²) in [5, 5.41) is 2.57. The zero-order valence-corrected chi connectivity index (χ0v) is 14.1. The number of benzene rings is 2. The van der Waals surface area contributed by atoms with Crippen LogP contribution < -0.4 is 5.32 Å². The van der Waals surface area contributed by atoms with E-state index < -0.39 is 17.8 Å². The number of hydrogen-bond donors (Lipinski definition) is 1. The van der Waals surface area contributed by atoms with Crippen LogP contribution in [-0.4, -0.2) is 18.6 Å². The normalized spacial score (nSPS) is 12.0. The first-order chi connectivity index (χ1) is 12.4.